The molecule has 1 unspecified atom stereocenters. The van der Waals surface area contributed by atoms with Crippen LogP contribution in [0.3, 0.4) is 0 Å². The molecule has 108 valence electrons. The van der Waals surface area contributed by atoms with Crippen LogP contribution in [0.2, 0.25) is 0 Å². The van der Waals surface area contributed by atoms with Gasteiger partial charge in [-0.15, -0.1) is 0 Å². The highest BCUT2D eigenvalue weighted by molar-refractivity contribution is 5.39. The van der Waals surface area contributed by atoms with Crippen LogP contribution >= 0.6 is 0 Å². The van der Waals surface area contributed by atoms with Crippen molar-refractivity contribution < 1.29 is 9.84 Å². The fourth-order valence-electron chi connectivity index (χ4n) is 1.98. The van der Waals surface area contributed by atoms with E-state index >= 15 is 0 Å². The Morgan fingerprint density at radius 2 is 2.11 bits per heavy atom. The number of hydrogen-bond acceptors (Lipinski definition) is 4. The van der Waals surface area contributed by atoms with E-state index in [0.29, 0.717) is 12.5 Å². The molecule has 4 N–H and O–H groups in total. The van der Waals surface area contributed by atoms with Crippen molar-refractivity contribution in [1.29, 1.82) is 0 Å². The summed E-state index contributed by atoms with van der Waals surface area (Å²) in [6, 6.07) is 6.15. The predicted molar refractivity (Wildman–Crippen MR) is 78.7 cm³/mol. The molecule has 4 nitrogen and oxygen atoms in total. The van der Waals surface area contributed by atoms with Gasteiger partial charge in [-0.1, -0.05) is 26.0 Å². The second-order valence-electron chi connectivity index (χ2n) is 5.13. The Kier molecular flexibility index (Phi) is 6.84. The lowest BCUT2D eigenvalue weighted by molar-refractivity contribution is 0.262. The molecule has 1 atom stereocenters. The van der Waals surface area contributed by atoms with Gasteiger partial charge in [0.05, 0.1) is 13.7 Å². The minimum atomic E-state index is -0.179. The van der Waals surface area contributed by atoms with Gasteiger partial charge >= 0.3 is 0 Å². The first-order chi connectivity index (χ1) is 9.08. The topological polar surface area (TPSA) is 67.5 Å². The summed E-state index contributed by atoms with van der Waals surface area (Å²) >= 11 is 0. The number of benzene rings is 1. The first-order valence-electron chi connectivity index (χ1n) is 6.82. The minimum absolute atomic E-state index is 0.0209. The van der Waals surface area contributed by atoms with Gasteiger partial charge in [-0.25, -0.2) is 0 Å². The van der Waals surface area contributed by atoms with Crippen molar-refractivity contribution in [1.82, 2.24) is 5.32 Å². The Morgan fingerprint density at radius 3 is 2.68 bits per heavy atom. The van der Waals surface area contributed by atoms with Crippen molar-refractivity contribution in [3.63, 3.8) is 0 Å². The third kappa shape index (κ3) is 5.19. The van der Waals surface area contributed by atoms with Crippen LogP contribution in [0.1, 0.15) is 30.9 Å². The predicted octanol–water partition coefficient (Wildman–Crippen LogP) is 1.27. The van der Waals surface area contributed by atoms with Gasteiger partial charge in [-0.3, -0.25) is 0 Å². The second-order valence-corrected chi connectivity index (χ2v) is 5.13. The summed E-state index contributed by atoms with van der Waals surface area (Å²) in [4.78, 5) is 0. The highest BCUT2D eigenvalue weighted by Gasteiger charge is 2.08. The zero-order valence-electron chi connectivity index (χ0n) is 12.1. The summed E-state index contributed by atoms with van der Waals surface area (Å²) in [6.45, 7) is 5.86. The summed E-state index contributed by atoms with van der Waals surface area (Å²) in [6.07, 6.45) is 0.946. The number of aliphatic hydroxyl groups is 1. The fourth-order valence-corrected chi connectivity index (χ4v) is 1.98. The largest absolute Gasteiger partial charge is 0.496 e. The van der Waals surface area contributed by atoms with Gasteiger partial charge in [0, 0.05) is 12.6 Å². The van der Waals surface area contributed by atoms with Gasteiger partial charge in [-0.05, 0) is 36.1 Å². The fraction of sp³-hybridized carbons (Fsp3) is 0.600. The van der Waals surface area contributed by atoms with Crippen LogP contribution in [-0.4, -0.2) is 38.0 Å². The molecule has 0 aliphatic rings. The molecule has 1 aromatic carbocycles. The molecule has 0 radical (unpaired) electrons. The van der Waals surface area contributed by atoms with Gasteiger partial charge in [0.1, 0.15) is 5.75 Å². The molecule has 0 aliphatic carbocycles. The molecule has 1 aromatic rings. The van der Waals surface area contributed by atoms with Crippen LogP contribution in [0.15, 0.2) is 18.2 Å². The van der Waals surface area contributed by atoms with E-state index in [0.717, 1.165) is 18.7 Å². The molecule has 0 spiro atoms. The molecule has 0 bridgehead atoms. The molecule has 0 amide bonds. The number of aliphatic hydroxyl groups excluding tert-OH is 1. The maximum atomic E-state index is 8.83. The van der Waals surface area contributed by atoms with E-state index < -0.39 is 0 Å². The average Bonchev–Trinajstić information content (AvgIpc) is 2.42. The monoisotopic (exact) mass is 266 g/mol. The van der Waals surface area contributed by atoms with E-state index in [2.05, 4.69) is 31.3 Å². The normalized spacial score (nSPS) is 12.7. The maximum Gasteiger partial charge on any atom is 0.122 e. The number of hydrogen-bond donors (Lipinski definition) is 3. The Labute approximate surface area is 116 Å². The highest BCUT2D eigenvalue weighted by atomic mass is 16.5. The summed E-state index contributed by atoms with van der Waals surface area (Å²) in [5.74, 6) is 1.40. The van der Waals surface area contributed by atoms with Crippen molar-refractivity contribution in [3.05, 3.63) is 29.3 Å². The molecule has 0 saturated carbocycles. The van der Waals surface area contributed by atoms with Crippen molar-refractivity contribution >= 4 is 0 Å². The molecule has 0 aliphatic heterocycles. The van der Waals surface area contributed by atoms with E-state index in [1.165, 1.54) is 11.1 Å². The SMILES string of the molecule is COc1ccc(CCNCC(N)CO)cc1C(C)C. The van der Waals surface area contributed by atoms with Crippen molar-refractivity contribution in [3.8, 4) is 5.75 Å². The van der Waals surface area contributed by atoms with E-state index in [-0.39, 0.29) is 12.6 Å². The van der Waals surface area contributed by atoms with E-state index in [1.807, 2.05) is 6.07 Å². The Hall–Kier alpha value is -1.10. The molecular formula is C15H26N2O2. The average molecular weight is 266 g/mol. The molecule has 1 rings (SSSR count). The summed E-state index contributed by atoms with van der Waals surface area (Å²) in [5.41, 5.74) is 8.15. The first-order valence-corrected chi connectivity index (χ1v) is 6.82. The third-order valence-corrected chi connectivity index (χ3v) is 3.15. The van der Waals surface area contributed by atoms with Crippen LogP contribution in [-0.2, 0) is 6.42 Å². The van der Waals surface area contributed by atoms with Crippen LogP contribution in [0.5, 0.6) is 5.75 Å². The number of nitrogens with one attached hydrogen (secondary N) is 1. The third-order valence-electron chi connectivity index (χ3n) is 3.15. The number of methoxy groups -OCH3 is 1. The van der Waals surface area contributed by atoms with Gasteiger partial charge < -0.3 is 20.9 Å². The van der Waals surface area contributed by atoms with Gasteiger partial charge in [0.15, 0.2) is 0 Å². The highest BCUT2D eigenvalue weighted by Crippen LogP contribution is 2.27. The van der Waals surface area contributed by atoms with E-state index in [9.17, 15) is 0 Å². The maximum absolute atomic E-state index is 8.83. The van der Waals surface area contributed by atoms with Crippen LogP contribution in [0.25, 0.3) is 0 Å². The lowest BCUT2D eigenvalue weighted by Crippen LogP contribution is -2.37. The molecular weight excluding hydrogens is 240 g/mol. The van der Waals surface area contributed by atoms with Gasteiger partial charge in [0.25, 0.3) is 0 Å². The Morgan fingerprint density at radius 1 is 1.37 bits per heavy atom. The minimum Gasteiger partial charge on any atom is -0.496 e. The van der Waals surface area contributed by atoms with E-state index in [4.69, 9.17) is 15.6 Å². The number of ether oxygens (including phenoxy) is 1. The van der Waals surface area contributed by atoms with Crippen LogP contribution < -0.4 is 15.8 Å². The van der Waals surface area contributed by atoms with Gasteiger partial charge in [0.2, 0.25) is 0 Å². The first kappa shape index (κ1) is 16.0. The molecule has 0 aromatic heterocycles. The molecule has 0 saturated heterocycles. The quantitative estimate of drug-likeness (QED) is 0.620. The number of rotatable bonds is 8. The second kappa shape index (κ2) is 8.15. The molecule has 4 heteroatoms. The van der Waals surface area contributed by atoms with Crippen LogP contribution in [0.4, 0.5) is 0 Å². The molecule has 19 heavy (non-hydrogen) atoms. The van der Waals surface area contributed by atoms with Crippen molar-refractivity contribution in [2.45, 2.75) is 32.2 Å². The van der Waals surface area contributed by atoms with Gasteiger partial charge in [-0.2, -0.15) is 0 Å². The molecule has 0 fully saturated rings. The zero-order chi connectivity index (χ0) is 14.3. The summed E-state index contributed by atoms with van der Waals surface area (Å²) < 4.78 is 5.37. The Balaban J connectivity index is 2.53. The molecule has 0 heterocycles. The van der Waals surface area contributed by atoms with Crippen LogP contribution in [0, 0.1) is 0 Å². The smallest absolute Gasteiger partial charge is 0.122 e. The summed E-state index contributed by atoms with van der Waals surface area (Å²) in [7, 11) is 1.71. The zero-order valence-corrected chi connectivity index (χ0v) is 12.1. The van der Waals surface area contributed by atoms with Crippen molar-refractivity contribution in [2.24, 2.45) is 5.73 Å². The van der Waals surface area contributed by atoms with E-state index in [1.54, 1.807) is 7.11 Å². The Bertz CT molecular complexity index is 380. The lowest BCUT2D eigenvalue weighted by atomic mass is 9.98. The standard InChI is InChI=1S/C15H26N2O2/c1-11(2)14-8-12(4-5-15(14)19-3)6-7-17-9-13(16)10-18/h4-5,8,11,13,17-18H,6-7,9-10,16H2,1-3H3. The van der Waals surface area contributed by atoms with Crippen molar-refractivity contribution in [2.75, 3.05) is 26.8 Å². The summed E-state index contributed by atoms with van der Waals surface area (Å²) in [5, 5.41) is 12.1. The lowest BCUT2D eigenvalue weighted by Gasteiger charge is -2.14. The number of nitrogens with two attached hydrogens (primary N) is 1.